The fourth-order valence-electron chi connectivity index (χ4n) is 1.61. The molecule has 0 spiro atoms. The van der Waals surface area contributed by atoms with E-state index in [1.807, 2.05) is 0 Å². The first-order valence-corrected chi connectivity index (χ1v) is 4.75. The highest BCUT2D eigenvalue weighted by Gasteiger charge is 2.43. The molecule has 0 radical (unpaired) electrons. The van der Waals surface area contributed by atoms with Gasteiger partial charge in [-0.1, -0.05) is 5.16 Å². The fourth-order valence-corrected chi connectivity index (χ4v) is 1.61. The molecule has 1 aliphatic rings. The van der Waals surface area contributed by atoms with Crippen LogP contribution in [0.1, 0.15) is 44.0 Å². The second kappa shape index (κ2) is 3.33. The van der Waals surface area contributed by atoms with E-state index in [2.05, 4.69) is 10.1 Å². The molecule has 0 bridgehead atoms. The van der Waals surface area contributed by atoms with Crippen LogP contribution in [0.2, 0.25) is 0 Å². The smallest absolute Gasteiger partial charge is 0.255 e. The van der Waals surface area contributed by atoms with E-state index in [1.165, 1.54) is 0 Å². The van der Waals surface area contributed by atoms with Crippen molar-refractivity contribution in [1.29, 1.82) is 0 Å². The Balaban J connectivity index is 2.23. The van der Waals surface area contributed by atoms with Crippen molar-refractivity contribution < 1.29 is 14.4 Å². The van der Waals surface area contributed by atoms with Crippen LogP contribution in [-0.4, -0.2) is 22.4 Å². The minimum absolute atomic E-state index is 0.253. The van der Waals surface area contributed by atoms with Crippen molar-refractivity contribution in [3.8, 4) is 0 Å². The van der Waals surface area contributed by atoms with Crippen LogP contribution in [-0.2, 0) is 10.3 Å². The highest BCUT2D eigenvalue weighted by atomic mass is 16.5. The minimum Gasteiger partial charge on any atom is -0.384 e. The molecule has 78 valence electrons. The number of ether oxygens (including phenoxy) is 1. The third-order valence-electron chi connectivity index (χ3n) is 2.76. The molecule has 2 rings (SSSR count). The third kappa shape index (κ3) is 1.33. The van der Waals surface area contributed by atoms with E-state index < -0.39 is 6.10 Å². The number of hydrogen-bond acceptors (Lipinski definition) is 5. The number of methoxy groups -OCH3 is 1. The lowest BCUT2D eigenvalue weighted by Crippen LogP contribution is -2.37. The maximum atomic E-state index is 9.23. The van der Waals surface area contributed by atoms with Crippen LogP contribution in [0.3, 0.4) is 0 Å². The van der Waals surface area contributed by atoms with Crippen molar-refractivity contribution in [3.63, 3.8) is 0 Å². The summed E-state index contributed by atoms with van der Waals surface area (Å²) in [6, 6.07) is 0. The molecule has 1 fully saturated rings. The van der Waals surface area contributed by atoms with Gasteiger partial charge in [-0.25, -0.2) is 0 Å². The molecule has 0 aliphatic heterocycles. The van der Waals surface area contributed by atoms with Crippen LogP contribution in [0, 0.1) is 0 Å². The quantitative estimate of drug-likeness (QED) is 0.789. The lowest BCUT2D eigenvalue weighted by atomic mass is 9.79. The molecule has 0 amide bonds. The van der Waals surface area contributed by atoms with Gasteiger partial charge in [0.2, 0.25) is 5.82 Å². The largest absolute Gasteiger partial charge is 0.384 e. The predicted octanol–water partition coefficient (Wildman–Crippen LogP) is 1.15. The Kier molecular flexibility index (Phi) is 2.28. The highest BCUT2D eigenvalue weighted by Crippen LogP contribution is 2.42. The molecule has 1 saturated carbocycles. The van der Waals surface area contributed by atoms with Crippen molar-refractivity contribution in [1.82, 2.24) is 10.1 Å². The lowest BCUT2D eigenvalue weighted by molar-refractivity contribution is -0.0858. The molecule has 1 atom stereocenters. The van der Waals surface area contributed by atoms with Crippen LogP contribution in [0.25, 0.3) is 0 Å². The zero-order valence-corrected chi connectivity index (χ0v) is 8.36. The molecule has 5 heteroatoms. The fraction of sp³-hybridized carbons (Fsp3) is 0.778. The van der Waals surface area contributed by atoms with Gasteiger partial charge in [-0.15, -0.1) is 0 Å². The second-order valence-corrected chi connectivity index (χ2v) is 3.68. The van der Waals surface area contributed by atoms with Crippen molar-refractivity contribution in [3.05, 3.63) is 11.7 Å². The molecule has 1 unspecified atom stereocenters. The van der Waals surface area contributed by atoms with E-state index in [1.54, 1.807) is 14.0 Å². The van der Waals surface area contributed by atoms with Gasteiger partial charge in [0.05, 0.1) is 0 Å². The Morgan fingerprint density at radius 3 is 2.64 bits per heavy atom. The maximum absolute atomic E-state index is 9.23. The third-order valence-corrected chi connectivity index (χ3v) is 2.76. The number of rotatable bonds is 3. The van der Waals surface area contributed by atoms with Gasteiger partial charge >= 0.3 is 0 Å². The number of aromatic nitrogens is 2. The van der Waals surface area contributed by atoms with Crippen molar-refractivity contribution in [2.24, 2.45) is 0 Å². The van der Waals surface area contributed by atoms with Gasteiger partial charge in [0.15, 0.2) is 0 Å². The monoisotopic (exact) mass is 198 g/mol. The number of aliphatic hydroxyl groups is 1. The summed E-state index contributed by atoms with van der Waals surface area (Å²) in [5, 5.41) is 13.1. The predicted molar refractivity (Wildman–Crippen MR) is 47.5 cm³/mol. The number of hydrogen-bond donors (Lipinski definition) is 1. The standard InChI is InChI=1S/C9H14N2O3/c1-6(12)7-10-8(11-14-7)9(13-2)4-3-5-9/h6,12H,3-5H2,1-2H3. The van der Waals surface area contributed by atoms with Gasteiger partial charge in [0.25, 0.3) is 5.89 Å². The molecule has 1 aromatic heterocycles. The van der Waals surface area contributed by atoms with E-state index in [4.69, 9.17) is 9.26 Å². The van der Waals surface area contributed by atoms with Crippen LogP contribution in [0.4, 0.5) is 0 Å². The van der Waals surface area contributed by atoms with Crippen molar-refractivity contribution in [2.75, 3.05) is 7.11 Å². The Hall–Kier alpha value is -0.940. The van der Waals surface area contributed by atoms with Crippen molar-refractivity contribution in [2.45, 2.75) is 37.9 Å². The molecule has 1 aromatic rings. The summed E-state index contributed by atoms with van der Waals surface area (Å²) < 4.78 is 10.3. The SMILES string of the molecule is COC1(c2noc(C(C)O)n2)CCC1. The summed E-state index contributed by atoms with van der Waals surface area (Å²) in [6.45, 7) is 1.59. The zero-order valence-electron chi connectivity index (χ0n) is 8.36. The molecule has 14 heavy (non-hydrogen) atoms. The van der Waals surface area contributed by atoms with Gasteiger partial charge in [-0.05, 0) is 26.2 Å². The lowest BCUT2D eigenvalue weighted by Gasteiger charge is -2.37. The van der Waals surface area contributed by atoms with Gasteiger partial charge in [-0.2, -0.15) is 4.98 Å². The normalized spacial score (nSPS) is 21.6. The van der Waals surface area contributed by atoms with E-state index in [9.17, 15) is 5.11 Å². The first kappa shape index (κ1) is 9.61. The highest BCUT2D eigenvalue weighted by molar-refractivity contribution is 5.06. The van der Waals surface area contributed by atoms with Crippen molar-refractivity contribution >= 4 is 0 Å². The van der Waals surface area contributed by atoms with E-state index in [-0.39, 0.29) is 11.5 Å². The summed E-state index contributed by atoms with van der Waals surface area (Å²) in [4.78, 5) is 4.12. The number of nitrogens with zero attached hydrogens (tertiary/aromatic N) is 2. The van der Waals surface area contributed by atoms with Gasteiger partial charge < -0.3 is 14.4 Å². The Labute approximate surface area is 82.1 Å². The molecular formula is C9H14N2O3. The van der Waals surface area contributed by atoms with Gasteiger partial charge in [0.1, 0.15) is 11.7 Å². The van der Waals surface area contributed by atoms with Crippen LogP contribution in [0.5, 0.6) is 0 Å². The van der Waals surface area contributed by atoms with E-state index >= 15 is 0 Å². The molecule has 1 heterocycles. The molecular weight excluding hydrogens is 184 g/mol. The zero-order chi connectivity index (χ0) is 10.2. The number of aliphatic hydroxyl groups excluding tert-OH is 1. The van der Waals surface area contributed by atoms with Gasteiger partial charge in [-0.3, -0.25) is 0 Å². The summed E-state index contributed by atoms with van der Waals surface area (Å²) in [7, 11) is 1.65. The second-order valence-electron chi connectivity index (χ2n) is 3.68. The average molecular weight is 198 g/mol. The first-order chi connectivity index (χ1) is 6.68. The van der Waals surface area contributed by atoms with Crippen LogP contribution < -0.4 is 0 Å². The topological polar surface area (TPSA) is 68.4 Å². The summed E-state index contributed by atoms with van der Waals surface area (Å²) in [5.74, 6) is 0.811. The Morgan fingerprint density at radius 2 is 2.29 bits per heavy atom. The Bertz CT molecular complexity index is 312. The summed E-state index contributed by atoms with van der Waals surface area (Å²) >= 11 is 0. The minimum atomic E-state index is -0.717. The molecule has 1 N–H and O–H groups in total. The average Bonchev–Trinajstić information content (AvgIpc) is 2.52. The first-order valence-electron chi connectivity index (χ1n) is 4.75. The molecule has 0 saturated heterocycles. The molecule has 1 aliphatic carbocycles. The van der Waals surface area contributed by atoms with Crippen LogP contribution in [0.15, 0.2) is 4.52 Å². The van der Waals surface area contributed by atoms with E-state index in [0.29, 0.717) is 5.82 Å². The summed E-state index contributed by atoms with van der Waals surface area (Å²) in [6.07, 6.45) is 2.24. The Morgan fingerprint density at radius 1 is 1.57 bits per heavy atom. The van der Waals surface area contributed by atoms with E-state index in [0.717, 1.165) is 19.3 Å². The van der Waals surface area contributed by atoms with Gasteiger partial charge in [0, 0.05) is 7.11 Å². The van der Waals surface area contributed by atoms with Crippen LogP contribution >= 0.6 is 0 Å². The summed E-state index contributed by atoms with van der Waals surface area (Å²) in [5.41, 5.74) is -0.364. The molecule has 0 aromatic carbocycles. The molecule has 5 nitrogen and oxygen atoms in total. The maximum Gasteiger partial charge on any atom is 0.255 e.